The van der Waals surface area contributed by atoms with Gasteiger partial charge in [0.1, 0.15) is 11.3 Å². The molecule has 2 saturated carbocycles. The Morgan fingerprint density at radius 3 is 2.77 bits per heavy atom. The van der Waals surface area contributed by atoms with Gasteiger partial charge in [-0.15, -0.1) is 0 Å². The third kappa shape index (κ3) is 3.59. The lowest BCUT2D eigenvalue weighted by molar-refractivity contribution is 0.121. The van der Waals surface area contributed by atoms with E-state index in [1.165, 1.54) is 12.8 Å². The molecule has 0 aromatic carbocycles. The minimum atomic E-state index is -0.750. The normalized spacial score (nSPS) is 24.9. The topological polar surface area (TPSA) is 64.1 Å². The average Bonchev–Trinajstić information content (AvgIpc) is 3.43. The molecule has 2 heterocycles. The van der Waals surface area contributed by atoms with Crippen LogP contribution in [0.3, 0.4) is 0 Å². The number of nitrogens with one attached hydrogen (secondary N) is 1. The summed E-state index contributed by atoms with van der Waals surface area (Å²) in [6, 6.07) is 2.01. The Hall–Kier alpha value is -0.890. The fraction of sp³-hybridized carbons (Fsp3) is 0.556. The molecule has 2 aliphatic carbocycles. The van der Waals surface area contributed by atoms with Crippen molar-refractivity contribution in [3.63, 3.8) is 0 Å². The summed E-state index contributed by atoms with van der Waals surface area (Å²) in [5.74, 6) is 1.86. The molecule has 5 nitrogen and oxygen atoms in total. The maximum atomic E-state index is 11.9. The van der Waals surface area contributed by atoms with Crippen LogP contribution in [0.4, 0.5) is 0 Å². The number of thiol groups is 1. The van der Waals surface area contributed by atoms with Crippen LogP contribution >= 0.6 is 24.4 Å². The van der Waals surface area contributed by atoms with Crippen LogP contribution in [0.15, 0.2) is 18.5 Å². The van der Waals surface area contributed by atoms with Crippen LogP contribution < -0.4 is 9.46 Å². The van der Waals surface area contributed by atoms with E-state index in [4.69, 9.17) is 16.3 Å². The number of rotatable bonds is 7. The van der Waals surface area contributed by atoms with E-state index < -0.39 is 10.8 Å². The second-order valence-corrected chi connectivity index (χ2v) is 9.67. The summed E-state index contributed by atoms with van der Waals surface area (Å²) in [7, 11) is -0.750. The fourth-order valence-corrected chi connectivity index (χ4v) is 5.37. The van der Waals surface area contributed by atoms with E-state index in [0.717, 1.165) is 29.2 Å². The van der Waals surface area contributed by atoms with Gasteiger partial charge in [0, 0.05) is 40.2 Å². The van der Waals surface area contributed by atoms with Gasteiger partial charge in [-0.3, -0.25) is 8.93 Å². The van der Waals surface area contributed by atoms with Crippen LogP contribution in [0.1, 0.15) is 44.2 Å². The summed E-state index contributed by atoms with van der Waals surface area (Å²) in [6.07, 6.45) is 7.66. The molecule has 2 aliphatic rings. The minimum Gasteiger partial charge on any atom is -0.474 e. The van der Waals surface area contributed by atoms with Crippen molar-refractivity contribution < 1.29 is 8.95 Å². The molecule has 2 fully saturated rings. The minimum absolute atomic E-state index is 0.0648. The highest BCUT2D eigenvalue weighted by Gasteiger charge is 2.36. The third-order valence-corrected chi connectivity index (χ3v) is 7.47. The van der Waals surface area contributed by atoms with Gasteiger partial charge in [0.15, 0.2) is 0 Å². The van der Waals surface area contributed by atoms with Crippen LogP contribution in [0.25, 0.3) is 10.8 Å². The molecule has 0 saturated heterocycles. The lowest BCUT2D eigenvalue weighted by atomic mass is 9.95. The van der Waals surface area contributed by atoms with E-state index in [-0.39, 0.29) is 17.4 Å². The van der Waals surface area contributed by atoms with E-state index in [1.54, 1.807) is 6.20 Å². The maximum absolute atomic E-state index is 11.9. The van der Waals surface area contributed by atoms with Crippen LogP contribution in [-0.2, 0) is 10.8 Å². The highest BCUT2D eigenvalue weighted by Crippen LogP contribution is 2.44. The average molecular weight is 412 g/mol. The van der Waals surface area contributed by atoms with E-state index in [1.807, 2.05) is 19.2 Å². The molecular weight excluding hydrogens is 390 g/mol. The van der Waals surface area contributed by atoms with Crippen molar-refractivity contribution in [2.75, 3.05) is 5.75 Å². The first-order valence-electron chi connectivity index (χ1n) is 8.98. The van der Waals surface area contributed by atoms with Gasteiger partial charge < -0.3 is 4.74 Å². The van der Waals surface area contributed by atoms with Crippen molar-refractivity contribution in [3.8, 4) is 5.88 Å². The first-order valence-corrected chi connectivity index (χ1v) is 11.2. The molecular formula is C18H22ClN3O2S2. The number of pyridine rings is 2. The lowest BCUT2D eigenvalue weighted by Crippen LogP contribution is -2.41. The predicted octanol–water partition coefficient (Wildman–Crippen LogP) is 3.85. The Bertz CT molecular complexity index is 841. The SMILES string of the molecule is CCS(=O)C1CC(Oc2ncc(C(NS)C3CC3)c3cc(Cl)ncc23)C1. The van der Waals surface area contributed by atoms with Crippen LogP contribution in [-0.4, -0.2) is 31.3 Å². The quantitative estimate of drug-likeness (QED) is 0.535. The number of nitrogens with zero attached hydrogens (tertiary/aromatic N) is 2. The zero-order valence-corrected chi connectivity index (χ0v) is 17.0. The molecule has 2 unspecified atom stereocenters. The zero-order chi connectivity index (χ0) is 18.3. The number of halogens is 1. The van der Waals surface area contributed by atoms with Gasteiger partial charge in [-0.25, -0.2) is 9.97 Å². The molecule has 2 aromatic rings. The summed E-state index contributed by atoms with van der Waals surface area (Å²) < 4.78 is 21.1. The molecule has 2 aromatic heterocycles. The molecule has 26 heavy (non-hydrogen) atoms. The predicted molar refractivity (Wildman–Crippen MR) is 108 cm³/mol. The van der Waals surface area contributed by atoms with E-state index >= 15 is 0 Å². The Morgan fingerprint density at radius 2 is 2.12 bits per heavy atom. The van der Waals surface area contributed by atoms with Crippen LogP contribution in [0.5, 0.6) is 5.88 Å². The molecule has 140 valence electrons. The fourth-order valence-electron chi connectivity index (χ4n) is 3.53. The van der Waals surface area contributed by atoms with Gasteiger partial charge in [0.25, 0.3) is 0 Å². The summed E-state index contributed by atoms with van der Waals surface area (Å²) in [6.45, 7) is 1.96. The number of fused-ring (bicyclic) bond motifs is 1. The molecule has 0 spiro atoms. The molecule has 0 radical (unpaired) electrons. The standard InChI is InChI=1S/C18H22ClN3O2S2/c1-2-26(23)12-5-11(6-12)24-18-15-9-20-16(19)7-13(15)14(8-21-18)17(22-25)10-3-4-10/h7-12,17,22,25H,2-6H2,1H3. The van der Waals surface area contributed by atoms with E-state index in [9.17, 15) is 4.21 Å². The van der Waals surface area contributed by atoms with Gasteiger partial charge in [-0.2, -0.15) is 0 Å². The maximum Gasteiger partial charge on any atom is 0.223 e. The van der Waals surface area contributed by atoms with Gasteiger partial charge in [-0.1, -0.05) is 31.3 Å². The summed E-state index contributed by atoms with van der Waals surface area (Å²) >= 11 is 10.5. The molecule has 1 N–H and O–H groups in total. The summed E-state index contributed by atoms with van der Waals surface area (Å²) in [5, 5.41) is 2.56. The third-order valence-electron chi connectivity index (χ3n) is 5.29. The Morgan fingerprint density at radius 1 is 1.35 bits per heavy atom. The summed E-state index contributed by atoms with van der Waals surface area (Å²) in [4.78, 5) is 8.79. The van der Waals surface area contributed by atoms with Crippen molar-refractivity contribution >= 4 is 46.0 Å². The second kappa shape index (κ2) is 7.62. The number of ether oxygens (including phenoxy) is 1. The van der Waals surface area contributed by atoms with Crippen molar-refractivity contribution in [2.45, 2.75) is 50.0 Å². The number of hydrogen-bond acceptors (Lipinski definition) is 6. The smallest absolute Gasteiger partial charge is 0.223 e. The lowest BCUT2D eigenvalue weighted by Gasteiger charge is -2.34. The zero-order valence-electron chi connectivity index (χ0n) is 14.5. The van der Waals surface area contributed by atoms with E-state index in [2.05, 4.69) is 27.5 Å². The Kier molecular flexibility index (Phi) is 5.41. The molecule has 4 rings (SSSR count). The monoisotopic (exact) mass is 411 g/mol. The van der Waals surface area contributed by atoms with Gasteiger partial charge >= 0.3 is 0 Å². The highest BCUT2D eigenvalue weighted by atomic mass is 35.5. The van der Waals surface area contributed by atoms with Crippen LogP contribution in [0.2, 0.25) is 5.15 Å². The van der Waals surface area contributed by atoms with Crippen molar-refractivity contribution in [1.82, 2.24) is 14.7 Å². The number of aromatic nitrogens is 2. The van der Waals surface area contributed by atoms with Crippen LogP contribution in [0, 0.1) is 5.92 Å². The first-order chi connectivity index (χ1) is 12.6. The van der Waals surface area contributed by atoms with Crippen molar-refractivity contribution in [3.05, 3.63) is 29.2 Å². The summed E-state index contributed by atoms with van der Waals surface area (Å²) in [5.41, 5.74) is 1.08. The first kappa shape index (κ1) is 18.5. The van der Waals surface area contributed by atoms with Crippen molar-refractivity contribution in [2.24, 2.45) is 5.92 Å². The largest absolute Gasteiger partial charge is 0.474 e. The number of hydrogen-bond donors (Lipinski definition) is 2. The van der Waals surface area contributed by atoms with Gasteiger partial charge in [-0.05, 0) is 48.6 Å². The van der Waals surface area contributed by atoms with Gasteiger partial charge in [0.2, 0.25) is 5.88 Å². The molecule has 2 atom stereocenters. The van der Waals surface area contributed by atoms with Gasteiger partial charge in [0.05, 0.1) is 5.39 Å². The van der Waals surface area contributed by atoms with E-state index in [0.29, 0.717) is 22.7 Å². The Balaban J connectivity index is 1.62. The second-order valence-electron chi connectivity index (χ2n) is 7.02. The molecule has 0 amide bonds. The Labute approximate surface area is 166 Å². The van der Waals surface area contributed by atoms with Crippen molar-refractivity contribution in [1.29, 1.82) is 0 Å². The molecule has 8 heteroatoms. The molecule has 0 bridgehead atoms. The molecule has 0 aliphatic heterocycles. The highest BCUT2D eigenvalue weighted by molar-refractivity contribution is 7.85.